The predicted molar refractivity (Wildman–Crippen MR) is 186 cm³/mol. The van der Waals surface area contributed by atoms with E-state index in [4.69, 9.17) is 9.47 Å². The first kappa shape index (κ1) is 34.2. The summed E-state index contributed by atoms with van der Waals surface area (Å²) < 4.78 is 41.0. The molecule has 0 bridgehead atoms. The Morgan fingerprint density at radius 3 is 2.21 bits per heavy atom. The number of morpholine rings is 1. The minimum Gasteiger partial charge on any atom is -0.492 e. The number of carbonyl (C=O) groups is 1. The Morgan fingerprint density at radius 2 is 1.51 bits per heavy atom. The number of anilines is 1. The van der Waals surface area contributed by atoms with Gasteiger partial charge in [0.25, 0.3) is 10.0 Å². The molecule has 9 heteroatoms. The fourth-order valence-electron chi connectivity index (χ4n) is 5.61. The molecule has 1 saturated heterocycles. The third kappa shape index (κ3) is 10.2. The molecule has 0 radical (unpaired) electrons. The van der Waals surface area contributed by atoms with E-state index in [0.29, 0.717) is 37.6 Å². The molecule has 4 aromatic rings. The molecule has 47 heavy (non-hydrogen) atoms. The molecular formula is C38H45N3O5S. The summed E-state index contributed by atoms with van der Waals surface area (Å²) in [5.74, 6) is 0.601. The monoisotopic (exact) mass is 655 g/mol. The van der Waals surface area contributed by atoms with Gasteiger partial charge in [-0.3, -0.25) is 14.0 Å². The molecule has 248 valence electrons. The predicted octanol–water partition coefficient (Wildman–Crippen LogP) is 5.95. The molecule has 8 nitrogen and oxygen atoms in total. The number of hydrogen-bond acceptors (Lipinski definition) is 6. The van der Waals surface area contributed by atoms with Crippen LogP contribution in [0.1, 0.15) is 29.5 Å². The molecule has 0 saturated carbocycles. The molecular weight excluding hydrogens is 611 g/mol. The second-order valence-corrected chi connectivity index (χ2v) is 13.7. The maximum Gasteiger partial charge on any atom is 0.264 e. The van der Waals surface area contributed by atoms with Crippen molar-refractivity contribution >= 4 is 21.6 Å². The van der Waals surface area contributed by atoms with Crippen LogP contribution in [0, 0.1) is 6.92 Å². The Kier molecular flexibility index (Phi) is 12.4. The van der Waals surface area contributed by atoms with Crippen LogP contribution in [0.3, 0.4) is 0 Å². The first-order chi connectivity index (χ1) is 22.9. The van der Waals surface area contributed by atoms with Crippen LogP contribution >= 0.6 is 0 Å². The molecule has 1 aliphatic heterocycles. The maximum absolute atomic E-state index is 14.1. The number of carbonyl (C=O) groups excluding carboxylic acids is 1. The number of ether oxygens (including phenoxy) is 2. The van der Waals surface area contributed by atoms with Gasteiger partial charge >= 0.3 is 0 Å². The summed E-state index contributed by atoms with van der Waals surface area (Å²) in [6, 6.07) is 34.2. The molecule has 0 aliphatic carbocycles. The van der Waals surface area contributed by atoms with Gasteiger partial charge in [-0.15, -0.1) is 0 Å². The number of aryl methyl sites for hydroxylation is 1. The van der Waals surface area contributed by atoms with Gasteiger partial charge < -0.3 is 14.4 Å². The van der Waals surface area contributed by atoms with E-state index in [1.807, 2.05) is 72.5 Å². The lowest BCUT2D eigenvalue weighted by molar-refractivity contribution is -0.131. The molecule has 1 fully saturated rings. The second-order valence-electron chi connectivity index (χ2n) is 11.8. The largest absolute Gasteiger partial charge is 0.492 e. The third-order valence-electron chi connectivity index (χ3n) is 8.33. The molecule has 0 unspecified atom stereocenters. The summed E-state index contributed by atoms with van der Waals surface area (Å²) in [4.78, 5) is 18.1. The van der Waals surface area contributed by atoms with Gasteiger partial charge in [0.05, 0.1) is 23.8 Å². The van der Waals surface area contributed by atoms with Crippen molar-refractivity contribution in [2.24, 2.45) is 0 Å². The molecule has 5 rings (SSSR count). The van der Waals surface area contributed by atoms with E-state index in [-0.39, 0.29) is 23.8 Å². The smallest absolute Gasteiger partial charge is 0.264 e. The normalized spacial score (nSPS) is 13.6. The highest BCUT2D eigenvalue weighted by Gasteiger charge is 2.26. The average molecular weight is 656 g/mol. The van der Waals surface area contributed by atoms with E-state index < -0.39 is 10.0 Å². The van der Waals surface area contributed by atoms with Crippen LogP contribution in [0.25, 0.3) is 0 Å². The van der Waals surface area contributed by atoms with Gasteiger partial charge in [0, 0.05) is 51.8 Å². The molecule has 4 aromatic carbocycles. The van der Waals surface area contributed by atoms with E-state index in [1.165, 1.54) is 9.87 Å². The molecule has 1 heterocycles. The minimum absolute atomic E-state index is 0.00216. The summed E-state index contributed by atoms with van der Waals surface area (Å²) in [5, 5.41) is 0. The second kappa shape index (κ2) is 17.1. The van der Waals surface area contributed by atoms with E-state index in [2.05, 4.69) is 17.0 Å². The molecule has 0 spiro atoms. The molecule has 0 aromatic heterocycles. The highest BCUT2D eigenvalue weighted by molar-refractivity contribution is 7.92. The summed E-state index contributed by atoms with van der Waals surface area (Å²) in [6.45, 7) is 7.61. The lowest BCUT2D eigenvalue weighted by atomic mass is 10.1. The number of hydrogen-bond donors (Lipinski definition) is 0. The van der Waals surface area contributed by atoms with Gasteiger partial charge in [-0.1, -0.05) is 84.4 Å². The van der Waals surface area contributed by atoms with Crippen LogP contribution in [0.4, 0.5) is 5.69 Å². The van der Waals surface area contributed by atoms with E-state index in [0.717, 1.165) is 50.4 Å². The fraction of sp³-hybridized carbons (Fsp3) is 0.342. The van der Waals surface area contributed by atoms with Crippen molar-refractivity contribution in [2.75, 3.05) is 56.8 Å². The van der Waals surface area contributed by atoms with E-state index in [9.17, 15) is 13.2 Å². The Hall–Kier alpha value is -4.18. The summed E-state index contributed by atoms with van der Waals surface area (Å²) >= 11 is 0. The van der Waals surface area contributed by atoms with Crippen molar-refractivity contribution < 1.29 is 22.7 Å². The quantitative estimate of drug-likeness (QED) is 0.148. The fourth-order valence-corrected chi connectivity index (χ4v) is 7.10. The van der Waals surface area contributed by atoms with Crippen LogP contribution in [-0.2, 0) is 32.5 Å². The Bertz CT molecular complexity index is 1640. The highest BCUT2D eigenvalue weighted by atomic mass is 32.2. The first-order valence-corrected chi connectivity index (χ1v) is 17.8. The van der Waals surface area contributed by atoms with Crippen LogP contribution in [0.2, 0.25) is 0 Å². The topological polar surface area (TPSA) is 79.4 Å². The molecule has 0 atom stereocenters. The van der Waals surface area contributed by atoms with Crippen LogP contribution in [-0.4, -0.2) is 76.7 Å². The average Bonchev–Trinajstić information content (AvgIpc) is 3.10. The lowest BCUT2D eigenvalue weighted by Crippen LogP contribution is -2.38. The third-order valence-corrected chi connectivity index (χ3v) is 10.2. The van der Waals surface area contributed by atoms with Crippen molar-refractivity contribution in [2.45, 2.75) is 37.6 Å². The van der Waals surface area contributed by atoms with Crippen molar-refractivity contribution in [1.29, 1.82) is 0 Å². The van der Waals surface area contributed by atoms with Crippen molar-refractivity contribution in [3.63, 3.8) is 0 Å². The van der Waals surface area contributed by atoms with Crippen molar-refractivity contribution in [1.82, 2.24) is 9.80 Å². The first-order valence-electron chi connectivity index (χ1n) is 16.4. The minimum atomic E-state index is -3.91. The standard InChI is InChI=1S/C38H45N3O5S/c1-32-17-19-37(20-18-32)47(43,44)41(35-14-8-15-36(30-35)46-29-26-39-24-27-45-28-25-39)22-9-16-38(42)40(31-34-12-6-3-7-13-34)23-21-33-10-4-2-5-11-33/h2-8,10-15,17-20,30H,9,16,21-29,31H2,1H3. The molecule has 1 amide bonds. The van der Waals surface area contributed by atoms with Crippen molar-refractivity contribution in [3.05, 3.63) is 126 Å². The van der Waals surface area contributed by atoms with Gasteiger partial charge in [-0.25, -0.2) is 8.42 Å². The maximum atomic E-state index is 14.1. The number of nitrogens with zero attached hydrogens (tertiary/aromatic N) is 3. The van der Waals surface area contributed by atoms with Gasteiger partial charge in [-0.05, 0) is 55.2 Å². The van der Waals surface area contributed by atoms with Gasteiger partial charge in [-0.2, -0.15) is 0 Å². The number of rotatable bonds is 16. The zero-order chi connectivity index (χ0) is 32.9. The van der Waals surface area contributed by atoms with Gasteiger partial charge in [0.1, 0.15) is 12.4 Å². The number of sulfonamides is 1. The summed E-state index contributed by atoms with van der Waals surface area (Å²) in [5.41, 5.74) is 3.71. The SMILES string of the molecule is Cc1ccc(S(=O)(=O)N(CCCC(=O)N(CCc2ccccc2)Cc2ccccc2)c2cccc(OCCN3CCOCC3)c2)cc1. The molecule has 1 aliphatic rings. The number of amides is 1. The lowest BCUT2D eigenvalue weighted by Gasteiger charge is -2.27. The van der Waals surface area contributed by atoms with Crippen LogP contribution < -0.4 is 9.04 Å². The highest BCUT2D eigenvalue weighted by Crippen LogP contribution is 2.28. The zero-order valence-electron chi connectivity index (χ0n) is 27.2. The number of benzene rings is 4. The summed E-state index contributed by atoms with van der Waals surface area (Å²) in [6.07, 6.45) is 1.33. The van der Waals surface area contributed by atoms with Crippen LogP contribution in [0.5, 0.6) is 5.75 Å². The van der Waals surface area contributed by atoms with Crippen molar-refractivity contribution in [3.8, 4) is 5.75 Å². The van der Waals surface area contributed by atoms with Gasteiger partial charge in [0.2, 0.25) is 5.91 Å². The van der Waals surface area contributed by atoms with Gasteiger partial charge in [0.15, 0.2) is 0 Å². The molecule has 0 N–H and O–H groups in total. The Labute approximate surface area is 279 Å². The Morgan fingerprint density at radius 1 is 0.830 bits per heavy atom. The van der Waals surface area contributed by atoms with E-state index in [1.54, 1.807) is 36.4 Å². The van der Waals surface area contributed by atoms with Crippen LogP contribution in [0.15, 0.2) is 114 Å². The van der Waals surface area contributed by atoms with E-state index >= 15 is 0 Å². The summed E-state index contributed by atoms with van der Waals surface area (Å²) in [7, 11) is -3.91. The Balaban J connectivity index is 1.29. The zero-order valence-corrected chi connectivity index (χ0v) is 28.0.